The van der Waals surface area contributed by atoms with Crippen LogP contribution in [0.15, 0.2) is 22.6 Å². The molecule has 0 saturated carbocycles. The molecule has 0 unspecified atom stereocenters. The Labute approximate surface area is 110 Å². The number of aliphatic hydroxyl groups excluding tert-OH is 1. The van der Waals surface area contributed by atoms with Crippen LogP contribution in [0.5, 0.6) is 0 Å². The number of aliphatic hydroxyl groups is 1. The molecule has 0 fully saturated rings. The lowest BCUT2D eigenvalue weighted by molar-refractivity contribution is 0.0697. The summed E-state index contributed by atoms with van der Waals surface area (Å²) in [6, 6.07) is 4.97. The van der Waals surface area contributed by atoms with Crippen LogP contribution >= 0.6 is 0 Å². The van der Waals surface area contributed by atoms with Crippen LogP contribution < -0.4 is 5.32 Å². The molecular weight excluding hydrogens is 248 g/mol. The third-order valence-electron chi connectivity index (χ3n) is 2.75. The third-order valence-corrected chi connectivity index (χ3v) is 2.75. The number of rotatable bonds is 7. The van der Waals surface area contributed by atoms with E-state index in [1.807, 2.05) is 0 Å². The number of carboxylic acids is 1. The fraction of sp³-hybridized carbons (Fsp3) is 0.385. The van der Waals surface area contributed by atoms with Crippen molar-refractivity contribution >= 4 is 23.1 Å². The fourth-order valence-electron chi connectivity index (χ4n) is 1.74. The Bertz CT molecular complexity index is 565. The Morgan fingerprint density at radius 1 is 1.32 bits per heavy atom. The van der Waals surface area contributed by atoms with Gasteiger partial charge in [0.25, 0.3) is 6.01 Å². The number of hydrogen-bond donors (Lipinski definition) is 3. The van der Waals surface area contributed by atoms with Crippen LogP contribution in [0.3, 0.4) is 0 Å². The van der Waals surface area contributed by atoms with Crippen molar-refractivity contribution in [3.05, 3.63) is 23.8 Å². The smallest absolute Gasteiger partial charge is 0.335 e. The number of nitrogens with zero attached hydrogens (tertiary/aromatic N) is 1. The van der Waals surface area contributed by atoms with E-state index in [2.05, 4.69) is 10.3 Å². The first kappa shape index (κ1) is 13.4. The Balaban J connectivity index is 1.99. The number of carbonyl (C=O) groups is 1. The van der Waals surface area contributed by atoms with Gasteiger partial charge >= 0.3 is 5.97 Å². The van der Waals surface area contributed by atoms with Crippen LogP contribution in [0.4, 0.5) is 6.01 Å². The zero-order chi connectivity index (χ0) is 13.7. The zero-order valence-corrected chi connectivity index (χ0v) is 10.4. The molecule has 0 bridgehead atoms. The van der Waals surface area contributed by atoms with Gasteiger partial charge in [0, 0.05) is 13.2 Å². The molecule has 0 saturated heterocycles. The van der Waals surface area contributed by atoms with E-state index in [0.717, 1.165) is 19.3 Å². The predicted octanol–water partition coefficient (Wildman–Crippen LogP) is 2.10. The summed E-state index contributed by atoms with van der Waals surface area (Å²) < 4.78 is 5.43. The van der Waals surface area contributed by atoms with Crippen LogP contribution in [0.2, 0.25) is 0 Å². The van der Waals surface area contributed by atoms with Gasteiger partial charge in [-0.3, -0.25) is 0 Å². The molecular formula is C13H16N2O4. The van der Waals surface area contributed by atoms with Gasteiger partial charge in [0.05, 0.1) is 5.56 Å². The summed E-state index contributed by atoms with van der Waals surface area (Å²) >= 11 is 0. The molecule has 2 aromatic rings. The number of fused-ring (bicyclic) bond motifs is 1. The summed E-state index contributed by atoms with van der Waals surface area (Å²) in [4.78, 5) is 15.0. The van der Waals surface area contributed by atoms with Crippen LogP contribution in [0.1, 0.15) is 29.6 Å². The number of oxazole rings is 1. The number of anilines is 1. The summed E-state index contributed by atoms with van der Waals surface area (Å²) in [7, 11) is 0. The molecule has 0 radical (unpaired) electrons. The van der Waals surface area contributed by atoms with Crippen molar-refractivity contribution in [3.8, 4) is 0 Å². The molecule has 0 amide bonds. The second kappa shape index (κ2) is 6.19. The number of hydrogen-bond acceptors (Lipinski definition) is 5. The highest BCUT2D eigenvalue weighted by Crippen LogP contribution is 2.20. The van der Waals surface area contributed by atoms with E-state index in [1.165, 1.54) is 12.1 Å². The SMILES string of the molecule is O=C(O)c1ccc2nc(NCCCCCO)oc2c1. The molecule has 0 aliphatic heterocycles. The van der Waals surface area contributed by atoms with Gasteiger partial charge < -0.3 is 19.9 Å². The molecule has 6 nitrogen and oxygen atoms in total. The maximum absolute atomic E-state index is 10.8. The first-order valence-electron chi connectivity index (χ1n) is 6.19. The molecule has 6 heteroatoms. The first-order valence-corrected chi connectivity index (χ1v) is 6.19. The van der Waals surface area contributed by atoms with Crippen molar-refractivity contribution in [1.82, 2.24) is 4.98 Å². The highest BCUT2D eigenvalue weighted by molar-refractivity contribution is 5.92. The summed E-state index contributed by atoms with van der Waals surface area (Å²) in [5, 5.41) is 20.6. The molecule has 0 atom stereocenters. The first-order chi connectivity index (χ1) is 9.20. The quantitative estimate of drug-likeness (QED) is 0.663. The molecule has 2 rings (SSSR count). The summed E-state index contributed by atoms with van der Waals surface area (Å²) in [5.41, 5.74) is 1.26. The minimum absolute atomic E-state index is 0.179. The largest absolute Gasteiger partial charge is 0.478 e. The van der Waals surface area contributed by atoms with Gasteiger partial charge in [-0.15, -0.1) is 0 Å². The second-order valence-electron chi connectivity index (χ2n) is 4.22. The summed E-state index contributed by atoms with van der Waals surface area (Å²) in [5.74, 6) is -0.989. The van der Waals surface area contributed by atoms with Crippen molar-refractivity contribution in [2.45, 2.75) is 19.3 Å². The monoisotopic (exact) mass is 264 g/mol. The highest BCUT2D eigenvalue weighted by Gasteiger charge is 2.09. The number of aromatic carboxylic acids is 1. The van der Waals surface area contributed by atoms with Gasteiger partial charge in [-0.1, -0.05) is 0 Å². The number of nitrogens with one attached hydrogen (secondary N) is 1. The van der Waals surface area contributed by atoms with Crippen molar-refractivity contribution < 1.29 is 19.4 Å². The molecule has 19 heavy (non-hydrogen) atoms. The Kier molecular flexibility index (Phi) is 4.35. The standard InChI is InChI=1S/C13H16N2O4/c16-7-3-1-2-6-14-13-15-10-5-4-9(12(17)18)8-11(10)19-13/h4-5,8,16H,1-3,6-7H2,(H,14,15)(H,17,18). The van der Waals surface area contributed by atoms with Gasteiger partial charge in [-0.2, -0.15) is 4.98 Å². The number of carboxylic acid groups (broad SMARTS) is 1. The Morgan fingerprint density at radius 3 is 2.89 bits per heavy atom. The molecule has 1 aromatic carbocycles. The maximum atomic E-state index is 10.8. The van der Waals surface area contributed by atoms with Gasteiger partial charge in [-0.25, -0.2) is 4.79 Å². The van der Waals surface area contributed by atoms with E-state index in [1.54, 1.807) is 6.07 Å². The van der Waals surface area contributed by atoms with Gasteiger partial charge in [0.2, 0.25) is 0 Å². The molecule has 102 valence electrons. The predicted molar refractivity (Wildman–Crippen MR) is 70.4 cm³/mol. The van der Waals surface area contributed by atoms with Crippen LogP contribution in [0, 0.1) is 0 Å². The normalized spacial score (nSPS) is 10.8. The van der Waals surface area contributed by atoms with Crippen molar-refractivity contribution in [2.24, 2.45) is 0 Å². The van der Waals surface area contributed by atoms with E-state index in [9.17, 15) is 4.79 Å². The summed E-state index contributed by atoms with van der Waals surface area (Å²) in [6.45, 7) is 0.916. The maximum Gasteiger partial charge on any atom is 0.335 e. The minimum atomic E-state index is -0.989. The molecule has 0 aliphatic carbocycles. The molecule has 1 aromatic heterocycles. The Hall–Kier alpha value is -2.08. The average Bonchev–Trinajstić information content (AvgIpc) is 2.80. The lowest BCUT2D eigenvalue weighted by Crippen LogP contribution is -2.01. The van der Waals surface area contributed by atoms with E-state index in [0.29, 0.717) is 23.7 Å². The molecule has 3 N–H and O–H groups in total. The van der Waals surface area contributed by atoms with Crippen LogP contribution in [-0.4, -0.2) is 34.3 Å². The van der Waals surface area contributed by atoms with E-state index in [-0.39, 0.29) is 12.2 Å². The molecule has 0 aliphatic rings. The lowest BCUT2D eigenvalue weighted by atomic mass is 10.2. The van der Waals surface area contributed by atoms with E-state index >= 15 is 0 Å². The highest BCUT2D eigenvalue weighted by atomic mass is 16.4. The molecule has 0 spiro atoms. The lowest BCUT2D eigenvalue weighted by Gasteiger charge is -1.99. The number of benzene rings is 1. The van der Waals surface area contributed by atoms with Crippen molar-refractivity contribution in [1.29, 1.82) is 0 Å². The summed E-state index contributed by atoms with van der Waals surface area (Å²) in [6.07, 6.45) is 2.64. The topological polar surface area (TPSA) is 95.6 Å². The Morgan fingerprint density at radius 2 is 2.16 bits per heavy atom. The van der Waals surface area contributed by atoms with Crippen LogP contribution in [-0.2, 0) is 0 Å². The van der Waals surface area contributed by atoms with Gasteiger partial charge in [0.15, 0.2) is 5.58 Å². The number of unbranched alkanes of at least 4 members (excludes halogenated alkanes) is 2. The van der Waals surface area contributed by atoms with Gasteiger partial charge in [0.1, 0.15) is 5.52 Å². The average molecular weight is 264 g/mol. The van der Waals surface area contributed by atoms with Crippen molar-refractivity contribution in [2.75, 3.05) is 18.5 Å². The molecule has 1 heterocycles. The number of aromatic nitrogens is 1. The van der Waals surface area contributed by atoms with E-state index in [4.69, 9.17) is 14.6 Å². The zero-order valence-electron chi connectivity index (χ0n) is 10.4. The van der Waals surface area contributed by atoms with Gasteiger partial charge in [-0.05, 0) is 37.5 Å². The minimum Gasteiger partial charge on any atom is -0.478 e. The van der Waals surface area contributed by atoms with E-state index < -0.39 is 5.97 Å². The third kappa shape index (κ3) is 3.45. The fourth-order valence-corrected chi connectivity index (χ4v) is 1.74. The van der Waals surface area contributed by atoms with Crippen molar-refractivity contribution in [3.63, 3.8) is 0 Å². The van der Waals surface area contributed by atoms with Crippen LogP contribution in [0.25, 0.3) is 11.1 Å². The second-order valence-corrected chi connectivity index (χ2v) is 4.22.